The quantitative estimate of drug-likeness (QED) is 0.379. The van der Waals surface area contributed by atoms with Gasteiger partial charge >= 0.3 is 5.97 Å². The highest BCUT2D eigenvalue weighted by atomic mass is 16.5. The predicted octanol–water partition coefficient (Wildman–Crippen LogP) is 5.25. The van der Waals surface area contributed by atoms with E-state index in [-0.39, 0.29) is 40.8 Å². The van der Waals surface area contributed by atoms with Gasteiger partial charge in [-0.3, -0.25) is 9.59 Å². The third-order valence-corrected chi connectivity index (χ3v) is 10.2. The van der Waals surface area contributed by atoms with Gasteiger partial charge in [0.15, 0.2) is 5.78 Å². The minimum atomic E-state index is -0.676. The lowest BCUT2D eigenvalue weighted by molar-refractivity contribution is -0.205. The number of ketones is 1. The molecule has 1 N–H and O–H groups in total. The second-order valence-corrected chi connectivity index (χ2v) is 11.7. The van der Waals surface area contributed by atoms with E-state index >= 15 is 0 Å². The maximum Gasteiger partial charge on any atom is 0.309 e. The van der Waals surface area contributed by atoms with E-state index in [0.717, 1.165) is 38.5 Å². The fourth-order valence-electron chi connectivity index (χ4n) is 7.88. The molecule has 0 aliphatic heterocycles. The van der Waals surface area contributed by atoms with Crippen molar-refractivity contribution in [2.45, 2.75) is 91.3 Å². The zero-order chi connectivity index (χ0) is 22.8. The van der Waals surface area contributed by atoms with E-state index in [1.807, 2.05) is 6.08 Å². The van der Waals surface area contributed by atoms with Crippen LogP contribution in [0.15, 0.2) is 24.8 Å². The Morgan fingerprint density at radius 2 is 1.84 bits per heavy atom. The molecule has 2 bridgehead atoms. The largest absolute Gasteiger partial charge is 0.461 e. The number of hydrogen-bond acceptors (Lipinski definition) is 4. The summed E-state index contributed by atoms with van der Waals surface area (Å²) < 4.78 is 6.34. The van der Waals surface area contributed by atoms with Crippen molar-refractivity contribution in [1.29, 1.82) is 0 Å². The van der Waals surface area contributed by atoms with Gasteiger partial charge in [-0.05, 0) is 55.4 Å². The Hall–Kier alpha value is -1.42. The van der Waals surface area contributed by atoms with Crippen molar-refractivity contribution < 1.29 is 19.4 Å². The first-order chi connectivity index (χ1) is 14.5. The van der Waals surface area contributed by atoms with Crippen LogP contribution in [0.4, 0.5) is 0 Å². The Labute approximate surface area is 187 Å². The molecule has 4 nitrogen and oxygen atoms in total. The summed E-state index contributed by atoms with van der Waals surface area (Å²) in [6, 6.07) is 0. The molecule has 0 aromatic rings. The number of esters is 1. The van der Waals surface area contributed by atoms with Crippen molar-refractivity contribution in [1.82, 2.24) is 0 Å². The minimum Gasteiger partial charge on any atom is -0.461 e. The van der Waals surface area contributed by atoms with E-state index < -0.39 is 23.0 Å². The lowest BCUT2D eigenvalue weighted by atomic mass is 9.44. The Balaban J connectivity index is 1.82. The Morgan fingerprint density at radius 1 is 1.19 bits per heavy atom. The van der Waals surface area contributed by atoms with Gasteiger partial charge in [-0.1, -0.05) is 53.2 Å². The van der Waals surface area contributed by atoms with Crippen LogP contribution in [0.1, 0.15) is 79.1 Å². The number of carbonyl (C=O) groups excluding carboxylic acids is 2. The third-order valence-electron chi connectivity index (χ3n) is 10.2. The first-order valence-corrected chi connectivity index (χ1v) is 12.3. The average Bonchev–Trinajstić information content (AvgIpc) is 3.36. The number of aliphatic hydroxyl groups is 1. The average molecular weight is 429 g/mol. The molecule has 0 unspecified atom stereocenters. The van der Waals surface area contributed by atoms with E-state index in [0.29, 0.717) is 18.4 Å². The molecule has 4 aliphatic rings. The van der Waals surface area contributed by atoms with Gasteiger partial charge < -0.3 is 9.84 Å². The van der Waals surface area contributed by atoms with Crippen molar-refractivity contribution in [2.75, 3.05) is 0 Å². The summed E-state index contributed by atoms with van der Waals surface area (Å²) in [4.78, 5) is 26.6. The van der Waals surface area contributed by atoms with E-state index in [1.54, 1.807) is 0 Å². The molecule has 8 atom stereocenters. The lowest BCUT2D eigenvalue weighted by Crippen LogP contribution is -2.63. The van der Waals surface area contributed by atoms with Crippen molar-refractivity contribution in [3.05, 3.63) is 24.8 Å². The first kappa shape index (κ1) is 22.8. The predicted molar refractivity (Wildman–Crippen MR) is 121 cm³/mol. The monoisotopic (exact) mass is 428 g/mol. The number of carbonyl (C=O) groups is 2. The van der Waals surface area contributed by atoms with Crippen LogP contribution < -0.4 is 0 Å². The number of rotatable bonds is 3. The highest BCUT2D eigenvalue weighted by Gasteiger charge is 2.69. The van der Waals surface area contributed by atoms with Gasteiger partial charge in [0, 0.05) is 22.7 Å². The Morgan fingerprint density at radius 3 is 2.45 bits per heavy atom. The van der Waals surface area contributed by atoms with Crippen molar-refractivity contribution in [2.24, 2.45) is 39.9 Å². The van der Waals surface area contributed by atoms with Gasteiger partial charge in [-0.2, -0.15) is 0 Å². The zero-order valence-corrected chi connectivity index (χ0v) is 19.8. The van der Waals surface area contributed by atoms with Crippen LogP contribution in [0.5, 0.6) is 0 Å². The Kier molecular flexibility index (Phi) is 5.56. The van der Waals surface area contributed by atoms with Crippen LogP contribution in [-0.4, -0.2) is 29.1 Å². The number of Topliss-reactive ketones (excluding diaryl/α,β-unsaturated/α-hetero) is 1. The first-order valence-electron chi connectivity index (χ1n) is 12.3. The van der Waals surface area contributed by atoms with Gasteiger partial charge in [0.1, 0.15) is 6.10 Å². The van der Waals surface area contributed by atoms with Crippen molar-refractivity contribution in [3.8, 4) is 0 Å². The molecule has 0 aromatic carbocycles. The van der Waals surface area contributed by atoms with E-state index in [2.05, 4.69) is 40.9 Å². The van der Waals surface area contributed by atoms with E-state index in [1.165, 1.54) is 0 Å². The summed E-state index contributed by atoms with van der Waals surface area (Å²) in [7, 11) is 0. The normalized spacial score (nSPS) is 48.1. The molecule has 0 heterocycles. The highest BCUT2D eigenvalue weighted by Crippen LogP contribution is 2.68. The fraction of sp³-hybridized carbons (Fsp3) is 0.778. The topological polar surface area (TPSA) is 63.6 Å². The third kappa shape index (κ3) is 3.11. The van der Waals surface area contributed by atoms with Crippen molar-refractivity contribution in [3.63, 3.8) is 0 Å². The molecule has 4 heteroatoms. The molecule has 4 saturated carbocycles. The fourth-order valence-corrected chi connectivity index (χ4v) is 7.88. The van der Waals surface area contributed by atoms with Crippen LogP contribution in [0.3, 0.4) is 0 Å². The second kappa shape index (κ2) is 7.57. The summed E-state index contributed by atoms with van der Waals surface area (Å²) in [5.41, 5.74) is -0.737. The molecule has 0 amide bonds. The lowest BCUT2D eigenvalue weighted by Gasteiger charge is -2.61. The number of hydrogen-bond donors (Lipinski definition) is 1. The smallest absolute Gasteiger partial charge is 0.309 e. The molecule has 31 heavy (non-hydrogen) atoms. The van der Waals surface area contributed by atoms with E-state index in [9.17, 15) is 14.7 Å². The second-order valence-electron chi connectivity index (χ2n) is 11.7. The number of allylic oxidation sites excluding steroid dienone is 1. The molecule has 0 saturated heterocycles. The summed E-state index contributed by atoms with van der Waals surface area (Å²) in [6.07, 6.45) is 7.68. The minimum absolute atomic E-state index is 0.0200. The molecular formula is C27H40O4. The highest BCUT2D eigenvalue weighted by molar-refractivity contribution is 6.00. The van der Waals surface area contributed by atoms with Crippen LogP contribution >= 0.6 is 0 Å². The van der Waals surface area contributed by atoms with Crippen LogP contribution in [0.25, 0.3) is 0 Å². The maximum atomic E-state index is 13.5. The van der Waals surface area contributed by atoms with Gasteiger partial charge in [-0.15, -0.1) is 6.58 Å². The maximum absolute atomic E-state index is 13.5. The molecule has 4 fully saturated rings. The van der Waals surface area contributed by atoms with Crippen LogP contribution in [0, 0.1) is 39.9 Å². The molecule has 4 rings (SSSR count). The van der Waals surface area contributed by atoms with Gasteiger partial charge in [0.2, 0.25) is 0 Å². The Bertz CT molecular complexity index is 795. The summed E-state index contributed by atoms with van der Waals surface area (Å²) in [6.45, 7) is 16.8. The van der Waals surface area contributed by atoms with Gasteiger partial charge in [-0.25, -0.2) is 0 Å². The summed E-state index contributed by atoms with van der Waals surface area (Å²) in [5, 5.41) is 11.6. The molecule has 0 aromatic heterocycles. The van der Waals surface area contributed by atoms with Crippen molar-refractivity contribution >= 4 is 11.8 Å². The molecular weight excluding hydrogens is 388 g/mol. The SMILES string of the molecule is C=C[C@]1(C)C[C@@H](O)[C@]2(C)[C@H](C)CC[C@]3(CC(=C)C(=O)[C@H]32)[C@@H](C)[C@@H]1OC(=O)C1CCCC1. The standard InChI is InChI=1S/C27H40O4/c1-7-25(5)15-20(28)26(6)17(3)12-13-27(14-16(2)21(29)22(26)27)18(4)23(25)31-24(30)19-10-8-9-11-19/h7,17-20,22-23,28H,1-2,8-15H2,3-6H3/t17-,18+,20-,22+,23+,25-,26+,27+/m1/s1. The van der Waals surface area contributed by atoms with Gasteiger partial charge in [0.25, 0.3) is 0 Å². The molecule has 4 aliphatic carbocycles. The zero-order valence-electron chi connectivity index (χ0n) is 19.8. The van der Waals surface area contributed by atoms with Crippen LogP contribution in [0.2, 0.25) is 0 Å². The molecule has 0 spiro atoms. The molecule has 172 valence electrons. The summed E-state index contributed by atoms with van der Waals surface area (Å²) in [5.74, 6) is -0.0868. The number of ether oxygens (including phenoxy) is 1. The molecule has 0 radical (unpaired) electrons. The van der Waals surface area contributed by atoms with E-state index in [4.69, 9.17) is 4.74 Å². The number of aliphatic hydroxyl groups excluding tert-OH is 1. The van der Waals surface area contributed by atoms with Gasteiger partial charge in [0.05, 0.1) is 12.0 Å². The van der Waals surface area contributed by atoms with Crippen LogP contribution in [-0.2, 0) is 14.3 Å². The summed E-state index contributed by atoms with van der Waals surface area (Å²) >= 11 is 0.